The van der Waals surface area contributed by atoms with E-state index in [0.29, 0.717) is 28.8 Å². The lowest BCUT2D eigenvalue weighted by atomic mass is 10.1. The molecule has 110 valence electrons. The van der Waals surface area contributed by atoms with Crippen molar-refractivity contribution in [3.8, 4) is 11.5 Å². The molecular formula is C15H14ClFN2O2. The van der Waals surface area contributed by atoms with E-state index in [0.717, 1.165) is 5.56 Å². The Kier molecular flexibility index (Phi) is 3.86. The summed E-state index contributed by atoms with van der Waals surface area (Å²) < 4.78 is 23.9. The molecule has 0 aliphatic carbocycles. The normalized spacial score (nSPS) is 14.0. The van der Waals surface area contributed by atoms with Crippen molar-refractivity contribution >= 4 is 17.3 Å². The van der Waals surface area contributed by atoms with Crippen LogP contribution in [0.15, 0.2) is 36.4 Å². The first-order valence-corrected chi connectivity index (χ1v) is 6.86. The van der Waals surface area contributed by atoms with Gasteiger partial charge in [0, 0.05) is 12.2 Å². The van der Waals surface area contributed by atoms with Crippen LogP contribution in [0.1, 0.15) is 11.6 Å². The van der Waals surface area contributed by atoms with Gasteiger partial charge in [0.1, 0.15) is 5.82 Å². The third-order valence-electron chi connectivity index (χ3n) is 3.25. The Balaban J connectivity index is 1.88. The second-order valence-electron chi connectivity index (χ2n) is 4.68. The van der Waals surface area contributed by atoms with Crippen molar-refractivity contribution in [1.82, 2.24) is 0 Å². The highest BCUT2D eigenvalue weighted by Gasteiger charge is 2.21. The van der Waals surface area contributed by atoms with E-state index in [2.05, 4.69) is 5.32 Å². The molecule has 21 heavy (non-hydrogen) atoms. The molecule has 0 radical (unpaired) electrons. The molecule has 0 amide bonds. The number of hydrogen-bond donors (Lipinski definition) is 2. The molecule has 0 saturated carbocycles. The third-order valence-corrected chi connectivity index (χ3v) is 3.53. The summed E-state index contributed by atoms with van der Waals surface area (Å²) in [4.78, 5) is 0. The first kappa shape index (κ1) is 14.0. The van der Waals surface area contributed by atoms with Crippen LogP contribution in [0.25, 0.3) is 0 Å². The van der Waals surface area contributed by atoms with Crippen LogP contribution in [0.4, 0.5) is 10.1 Å². The summed E-state index contributed by atoms with van der Waals surface area (Å²) in [5.74, 6) is 0.832. The molecule has 3 rings (SSSR count). The molecule has 0 fully saturated rings. The fourth-order valence-corrected chi connectivity index (χ4v) is 2.52. The van der Waals surface area contributed by atoms with Gasteiger partial charge in [-0.2, -0.15) is 0 Å². The summed E-state index contributed by atoms with van der Waals surface area (Å²) in [6.45, 7) is 0.482. The highest BCUT2D eigenvalue weighted by atomic mass is 35.5. The molecule has 1 aliphatic rings. The molecule has 2 aromatic carbocycles. The average molecular weight is 309 g/mol. The van der Waals surface area contributed by atoms with E-state index in [1.807, 2.05) is 6.07 Å². The minimum atomic E-state index is -0.306. The lowest BCUT2D eigenvalue weighted by molar-refractivity contribution is 0.174. The first-order chi connectivity index (χ1) is 10.2. The number of nitrogens with two attached hydrogens (primary N) is 1. The van der Waals surface area contributed by atoms with Gasteiger partial charge in [-0.25, -0.2) is 4.39 Å². The molecule has 6 heteroatoms. The standard InChI is InChI=1S/C15H14ClFN2O2/c16-12-4-9(5-14-15(12)21-8-20-14)13(7-18)19-11-3-1-2-10(17)6-11/h1-6,13,19H,7-8,18H2. The molecule has 0 saturated heterocycles. The Labute approximate surface area is 126 Å². The van der Waals surface area contributed by atoms with Crippen molar-refractivity contribution in [3.05, 3.63) is 52.8 Å². The van der Waals surface area contributed by atoms with Gasteiger partial charge >= 0.3 is 0 Å². The second kappa shape index (κ2) is 5.79. The summed E-state index contributed by atoms with van der Waals surface area (Å²) in [7, 11) is 0. The minimum absolute atomic E-state index is 0.156. The lowest BCUT2D eigenvalue weighted by Gasteiger charge is -2.19. The van der Waals surface area contributed by atoms with E-state index in [1.165, 1.54) is 12.1 Å². The van der Waals surface area contributed by atoms with Crippen molar-refractivity contribution < 1.29 is 13.9 Å². The number of benzene rings is 2. The molecule has 0 spiro atoms. The molecule has 1 atom stereocenters. The molecule has 1 aliphatic heterocycles. The van der Waals surface area contributed by atoms with Gasteiger partial charge in [-0.3, -0.25) is 0 Å². The zero-order valence-corrected chi connectivity index (χ0v) is 11.9. The van der Waals surface area contributed by atoms with Crippen molar-refractivity contribution in [2.24, 2.45) is 5.73 Å². The molecule has 0 aromatic heterocycles. The van der Waals surface area contributed by atoms with Crippen LogP contribution in [0.2, 0.25) is 5.02 Å². The van der Waals surface area contributed by atoms with Crippen molar-refractivity contribution in [2.45, 2.75) is 6.04 Å². The van der Waals surface area contributed by atoms with Crippen LogP contribution >= 0.6 is 11.6 Å². The maximum Gasteiger partial charge on any atom is 0.231 e. The van der Waals surface area contributed by atoms with Crippen molar-refractivity contribution in [2.75, 3.05) is 18.7 Å². The van der Waals surface area contributed by atoms with Gasteiger partial charge in [0.25, 0.3) is 0 Å². The number of fused-ring (bicyclic) bond motifs is 1. The Bertz CT molecular complexity index is 666. The van der Waals surface area contributed by atoms with Gasteiger partial charge in [0.15, 0.2) is 11.5 Å². The number of ether oxygens (including phenoxy) is 2. The topological polar surface area (TPSA) is 56.5 Å². The smallest absolute Gasteiger partial charge is 0.231 e. The first-order valence-electron chi connectivity index (χ1n) is 6.48. The van der Waals surface area contributed by atoms with E-state index < -0.39 is 0 Å². The molecule has 0 bridgehead atoms. The number of rotatable bonds is 4. The Morgan fingerprint density at radius 1 is 1.29 bits per heavy atom. The fraction of sp³-hybridized carbons (Fsp3) is 0.200. The number of anilines is 1. The summed E-state index contributed by atoms with van der Waals surface area (Å²) >= 11 is 6.17. The monoisotopic (exact) mass is 308 g/mol. The highest BCUT2D eigenvalue weighted by molar-refractivity contribution is 6.32. The van der Waals surface area contributed by atoms with Crippen LogP contribution in [-0.2, 0) is 0 Å². The quantitative estimate of drug-likeness (QED) is 0.910. The Hall–Kier alpha value is -1.98. The predicted molar refractivity (Wildman–Crippen MR) is 79.4 cm³/mol. The van der Waals surface area contributed by atoms with E-state index in [1.54, 1.807) is 18.2 Å². The second-order valence-corrected chi connectivity index (χ2v) is 5.09. The highest BCUT2D eigenvalue weighted by Crippen LogP contribution is 2.41. The van der Waals surface area contributed by atoms with Crippen LogP contribution in [0.3, 0.4) is 0 Å². The molecular weight excluding hydrogens is 295 g/mol. The Morgan fingerprint density at radius 2 is 2.14 bits per heavy atom. The fourth-order valence-electron chi connectivity index (χ4n) is 2.25. The Morgan fingerprint density at radius 3 is 2.90 bits per heavy atom. The van der Waals surface area contributed by atoms with Gasteiger partial charge in [-0.1, -0.05) is 17.7 Å². The van der Waals surface area contributed by atoms with E-state index in [4.69, 9.17) is 26.8 Å². The van der Waals surface area contributed by atoms with E-state index in [9.17, 15) is 4.39 Å². The van der Waals surface area contributed by atoms with Gasteiger partial charge in [0.2, 0.25) is 6.79 Å². The van der Waals surface area contributed by atoms with Gasteiger partial charge in [-0.05, 0) is 35.9 Å². The predicted octanol–water partition coefficient (Wildman–Crippen LogP) is 3.32. The summed E-state index contributed by atoms with van der Waals surface area (Å²) in [5.41, 5.74) is 7.32. The molecule has 1 unspecified atom stereocenters. The maximum atomic E-state index is 13.2. The van der Waals surface area contributed by atoms with Crippen molar-refractivity contribution in [3.63, 3.8) is 0 Å². The molecule has 4 nitrogen and oxygen atoms in total. The zero-order chi connectivity index (χ0) is 14.8. The summed E-state index contributed by atoms with van der Waals surface area (Å²) in [6, 6.07) is 9.62. The van der Waals surface area contributed by atoms with Crippen LogP contribution in [0, 0.1) is 5.82 Å². The molecule has 3 N–H and O–H groups in total. The number of halogens is 2. The van der Waals surface area contributed by atoms with Crippen LogP contribution in [-0.4, -0.2) is 13.3 Å². The lowest BCUT2D eigenvalue weighted by Crippen LogP contribution is -2.20. The number of nitrogens with one attached hydrogen (secondary N) is 1. The summed E-state index contributed by atoms with van der Waals surface area (Å²) in [5, 5.41) is 3.66. The molecule has 1 heterocycles. The summed E-state index contributed by atoms with van der Waals surface area (Å²) in [6.07, 6.45) is 0. The van der Waals surface area contributed by atoms with Crippen LogP contribution < -0.4 is 20.5 Å². The minimum Gasteiger partial charge on any atom is -0.454 e. The largest absolute Gasteiger partial charge is 0.454 e. The maximum absolute atomic E-state index is 13.2. The molecule has 2 aromatic rings. The zero-order valence-electron chi connectivity index (χ0n) is 11.1. The van der Waals surface area contributed by atoms with E-state index in [-0.39, 0.29) is 18.7 Å². The van der Waals surface area contributed by atoms with Crippen LogP contribution in [0.5, 0.6) is 11.5 Å². The van der Waals surface area contributed by atoms with Gasteiger partial charge in [0.05, 0.1) is 11.1 Å². The number of hydrogen-bond acceptors (Lipinski definition) is 4. The average Bonchev–Trinajstić information content (AvgIpc) is 2.93. The van der Waals surface area contributed by atoms with Gasteiger partial charge in [-0.15, -0.1) is 0 Å². The SMILES string of the molecule is NCC(Nc1cccc(F)c1)c1cc(Cl)c2c(c1)OCO2. The van der Waals surface area contributed by atoms with Gasteiger partial charge < -0.3 is 20.5 Å². The van der Waals surface area contributed by atoms with E-state index >= 15 is 0 Å². The van der Waals surface area contributed by atoms with Crippen molar-refractivity contribution in [1.29, 1.82) is 0 Å². The third kappa shape index (κ3) is 2.89.